The first kappa shape index (κ1) is 18.2. The van der Waals surface area contributed by atoms with Crippen LogP contribution in [-0.2, 0) is 0 Å². The molecule has 1 atom stereocenters. The van der Waals surface area contributed by atoms with E-state index >= 15 is 0 Å². The molecule has 1 aliphatic rings. The zero-order valence-electron chi connectivity index (χ0n) is 15.4. The molecule has 26 heavy (non-hydrogen) atoms. The van der Waals surface area contributed by atoms with Gasteiger partial charge in [-0.1, -0.05) is 31.1 Å². The molecule has 6 heteroatoms. The Kier molecular flexibility index (Phi) is 5.40. The third-order valence-corrected chi connectivity index (χ3v) is 4.78. The maximum atomic E-state index is 12.9. The number of piperidine rings is 1. The molecule has 1 aromatic heterocycles. The van der Waals surface area contributed by atoms with Crippen LogP contribution in [0.1, 0.15) is 59.2 Å². The number of methoxy groups -OCH3 is 1. The van der Waals surface area contributed by atoms with Gasteiger partial charge in [-0.15, -0.1) is 0 Å². The number of para-hydroxylation sites is 1. The van der Waals surface area contributed by atoms with Crippen molar-refractivity contribution < 1.29 is 18.8 Å². The number of carbonyl (C=O) groups excluding carboxylic acids is 2. The molecule has 3 rings (SSSR count). The Hall–Kier alpha value is -2.63. The first-order chi connectivity index (χ1) is 12.5. The van der Waals surface area contributed by atoms with Crippen LogP contribution in [0.4, 0.5) is 0 Å². The summed E-state index contributed by atoms with van der Waals surface area (Å²) in [7, 11) is 1.55. The van der Waals surface area contributed by atoms with Gasteiger partial charge >= 0.3 is 0 Å². The molecule has 138 valence electrons. The number of aromatic nitrogens is 1. The van der Waals surface area contributed by atoms with Gasteiger partial charge in [-0.25, -0.2) is 0 Å². The second kappa shape index (κ2) is 7.72. The lowest BCUT2D eigenvalue weighted by Gasteiger charge is -2.31. The van der Waals surface area contributed by atoms with Gasteiger partial charge in [-0.05, 0) is 30.9 Å². The SMILES string of the molecule is COc1ccccc1C(=O)[C@@H]1CCCN(C(=O)c2cc(C(C)C)no2)C1. The molecule has 1 aromatic carbocycles. The predicted octanol–water partition coefficient (Wildman–Crippen LogP) is 3.54. The lowest BCUT2D eigenvalue weighted by atomic mass is 9.89. The molecule has 0 N–H and O–H groups in total. The monoisotopic (exact) mass is 356 g/mol. The molecule has 0 saturated carbocycles. The number of hydrogen-bond acceptors (Lipinski definition) is 5. The summed E-state index contributed by atoms with van der Waals surface area (Å²) in [5, 5.41) is 3.95. The zero-order valence-corrected chi connectivity index (χ0v) is 15.4. The highest BCUT2D eigenvalue weighted by Gasteiger charge is 2.32. The molecular weight excluding hydrogens is 332 g/mol. The third kappa shape index (κ3) is 3.64. The number of hydrogen-bond donors (Lipinski definition) is 0. The third-order valence-electron chi connectivity index (χ3n) is 4.78. The number of likely N-dealkylation sites (tertiary alicyclic amines) is 1. The van der Waals surface area contributed by atoms with E-state index in [9.17, 15) is 9.59 Å². The Morgan fingerprint density at radius 2 is 2.08 bits per heavy atom. The number of benzene rings is 1. The van der Waals surface area contributed by atoms with E-state index < -0.39 is 0 Å². The molecule has 1 aliphatic heterocycles. The van der Waals surface area contributed by atoms with E-state index in [4.69, 9.17) is 9.26 Å². The first-order valence-corrected chi connectivity index (χ1v) is 8.94. The van der Waals surface area contributed by atoms with Crippen LogP contribution in [0.3, 0.4) is 0 Å². The highest BCUT2D eigenvalue weighted by atomic mass is 16.5. The van der Waals surface area contributed by atoms with Crippen LogP contribution < -0.4 is 4.74 Å². The van der Waals surface area contributed by atoms with Gasteiger partial charge in [0.15, 0.2) is 5.78 Å². The van der Waals surface area contributed by atoms with Crippen molar-refractivity contribution in [2.45, 2.75) is 32.6 Å². The summed E-state index contributed by atoms with van der Waals surface area (Å²) in [5.41, 5.74) is 1.32. The van der Waals surface area contributed by atoms with Gasteiger partial charge in [-0.3, -0.25) is 9.59 Å². The minimum atomic E-state index is -0.239. The van der Waals surface area contributed by atoms with E-state index in [1.54, 1.807) is 30.2 Å². The molecule has 0 bridgehead atoms. The molecule has 2 heterocycles. The smallest absolute Gasteiger partial charge is 0.292 e. The number of amides is 1. The van der Waals surface area contributed by atoms with Crippen molar-refractivity contribution in [3.63, 3.8) is 0 Å². The average molecular weight is 356 g/mol. The summed E-state index contributed by atoms with van der Waals surface area (Å²) in [6, 6.07) is 8.90. The van der Waals surface area contributed by atoms with E-state index in [1.807, 2.05) is 26.0 Å². The molecule has 1 saturated heterocycles. The van der Waals surface area contributed by atoms with Crippen LogP contribution in [0.5, 0.6) is 5.75 Å². The Morgan fingerprint density at radius 1 is 1.31 bits per heavy atom. The van der Waals surface area contributed by atoms with E-state index in [-0.39, 0.29) is 29.3 Å². The van der Waals surface area contributed by atoms with Crippen molar-refractivity contribution in [2.24, 2.45) is 5.92 Å². The zero-order chi connectivity index (χ0) is 18.7. The summed E-state index contributed by atoms with van der Waals surface area (Å²) in [4.78, 5) is 27.3. The molecule has 1 amide bonds. The van der Waals surface area contributed by atoms with Crippen LogP contribution >= 0.6 is 0 Å². The van der Waals surface area contributed by atoms with Crippen molar-refractivity contribution in [3.05, 3.63) is 47.3 Å². The van der Waals surface area contributed by atoms with Crippen molar-refractivity contribution in [2.75, 3.05) is 20.2 Å². The van der Waals surface area contributed by atoms with Gasteiger partial charge in [0.2, 0.25) is 5.76 Å². The minimum Gasteiger partial charge on any atom is -0.496 e. The van der Waals surface area contributed by atoms with Crippen molar-refractivity contribution in [1.29, 1.82) is 0 Å². The van der Waals surface area contributed by atoms with Crippen molar-refractivity contribution in [3.8, 4) is 5.75 Å². The molecule has 6 nitrogen and oxygen atoms in total. The highest BCUT2D eigenvalue weighted by Crippen LogP contribution is 2.27. The number of ether oxygens (including phenoxy) is 1. The highest BCUT2D eigenvalue weighted by molar-refractivity contribution is 6.01. The summed E-state index contributed by atoms with van der Waals surface area (Å²) in [6.45, 7) is 4.99. The second-order valence-electron chi connectivity index (χ2n) is 6.93. The maximum absolute atomic E-state index is 12.9. The Morgan fingerprint density at radius 3 is 2.77 bits per heavy atom. The second-order valence-corrected chi connectivity index (χ2v) is 6.93. The standard InChI is InChI=1S/C20H24N2O4/c1-13(2)16-11-18(26-21-16)20(24)22-10-6-7-14(12-22)19(23)15-8-4-5-9-17(15)25-3/h4-5,8-9,11,13-14H,6-7,10,12H2,1-3H3/t14-/m1/s1. The van der Waals surface area contributed by atoms with Gasteiger partial charge in [-0.2, -0.15) is 0 Å². The Bertz CT molecular complexity index is 797. The topological polar surface area (TPSA) is 72.6 Å². The fourth-order valence-electron chi connectivity index (χ4n) is 3.26. The van der Waals surface area contributed by atoms with Crippen LogP contribution in [-0.4, -0.2) is 41.9 Å². The number of rotatable bonds is 5. The summed E-state index contributed by atoms with van der Waals surface area (Å²) < 4.78 is 10.5. The summed E-state index contributed by atoms with van der Waals surface area (Å²) >= 11 is 0. The van der Waals surface area contributed by atoms with Crippen LogP contribution in [0.25, 0.3) is 0 Å². The van der Waals surface area contributed by atoms with Gasteiger partial charge < -0.3 is 14.2 Å². The van der Waals surface area contributed by atoms with E-state index in [1.165, 1.54) is 0 Å². The first-order valence-electron chi connectivity index (χ1n) is 8.94. The van der Waals surface area contributed by atoms with Gasteiger partial charge in [0.05, 0.1) is 18.4 Å². The Labute approximate surface area is 153 Å². The number of carbonyl (C=O) groups is 2. The van der Waals surface area contributed by atoms with Gasteiger partial charge in [0.1, 0.15) is 5.75 Å². The molecule has 0 spiro atoms. The lowest BCUT2D eigenvalue weighted by molar-refractivity contribution is 0.0602. The molecule has 2 aromatic rings. The molecule has 0 aliphatic carbocycles. The fraction of sp³-hybridized carbons (Fsp3) is 0.450. The van der Waals surface area contributed by atoms with Crippen molar-refractivity contribution in [1.82, 2.24) is 10.1 Å². The molecule has 0 unspecified atom stereocenters. The van der Waals surface area contributed by atoms with Crippen LogP contribution in [0, 0.1) is 5.92 Å². The minimum absolute atomic E-state index is 0.0142. The molecule has 0 radical (unpaired) electrons. The van der Waals surface area contributed by atoms with E-state index in [2.05, 4.69) is 5.16 Å². The number of Topliss-reactive ketones (excluding diaryl/α,β-unsaturated/α-hetero) is 1. The number of ketones is 1. The molecule has 1 fully saturated rings. The summed E-state index contributed by atoms with van der Waals surface area (Å²) in [5.74, 6) is 0.567. The number of nitrogens with zero attached hydrogens (tertiary/aromatic N) is 2. The fourth-order valence-corrected chi connectivity index (χ4v) is 3.26. The summed E-state index contributed by atoms with van der Waals surface area (Å²) in [6.07, 6.45) is 1.54. The van der Waals surface area contributed by atoms with E-state index in [0.29, 0.717) is 24.4 Å². The molecular formula is C20H24N2O4. The largest absolute Gasteiger partial charge is 0.496 e. The maximum Gasteiger partial charge on any atom is 0.292 e. The van der Waals surface area contributed by atoms with Gasteiger partial charge in [0.25, 0.3) is 5.91 Å². The lowest BCUT2D eigenvalue weighted by Crippen LogP contribution is -2.42. The van der Waals surface area contributed by atoms with Crippen LogP contribution in [0.2, 0.25) is 0 Å². The van der Waals surface area contributed by atoms with E-state index in [0.717, 1.165) is 18.5 Å². The van der Waals surface area contributed by atoms with Gasteiger partial charge in [0, 0.05) is 25.1 Å². The Balaban J connectivity index is 1.74. The normalized spacial score (nSPS) is 17.4. The van der Waals surface area contributed by atoms with Crippen LogP contribution in [0.15, 0.2) is 34.9 Å². The quantitative estimate of drug-likeness (QED) is 0.766. The van der Waals surface area contributed by atoms with Crippen molar-refractivity contribution >= 4 is 11.7 Å². The predicted molar refractivity (Wildman–Crippen MR) is 96.5 cm³/mol. The average Bonchev–Trinajstić information content (AvgIpc) is 3.17.